The van der Waals surface area contributed by atoms with E-state index in [4.69, 9.17) is 0 Å². The minimum absolute atomic E-state index is 0.249. The molecule has 0 saturated heterocycles. The number of aliphatic hydroxyl groups excluding tert-OH is 1. The Morgan fingerprint density at radius 1 is 1.17 bits per heavy atom. The number of hydrogen-bond donors (Lipinski definition) is 1. The molecule has 18 heavy (non-hydrogen) atoms. The van der Waals surface area contributed by atoms with Crippen LogP contribution in [0, 0.1) is 5.41 Å². The highest BCUT2D eigenvalue weighted by molar-refractivity contribution is 5.81. The molecule has 0 aliphatic rings. The van der Waals surface area contributed by atoms with Crippen molar-refractivity contribution in [2.45, 2.75) is 39.7 Å². The van der Waals surface area contributed by atoms with Crippen molar-refractivity contribution in [3.8, 4) is 0 Å². The summed E-state index contributed by atoms with van der Waals surface area (Å²) < 4.78 is 0. The number of pyridine rings is 1. The van der Waals surface area contributed by atoms with E-state index in [1.165, 1.54) is 0 Å². The first-order valence-electron chi connectivity index (χ1n) is 6.49. The van der Waals surface area contributed by atoms with E-state index in [0.29, 0.717) is 0 Å². The molecule has 2 heteroatoms. The van der Waals surface area contributed by atoms with Gasteiger partial charge >= 0.3 is 0 Å². The highest BCUT2D eigenvalue weighted by Crippen LogP contribution is 2.30. The van der Waals surface area contributed by atoms with E-state index in [1.54, 1.807) is 6.20 Å². The number of para-hydroxylation sites is 1. The van der Waals surface area contributed by atoms with E-state index >= 15 is 0 Å². The second-order valence-corrected chi connectivity index (χ2v) is 6.04. The number of rotatable bonds is 3. The molecule has 0 amide bonds. The zero-order valence-electron chi connectivity index (χ0n) is 11.4. The number of fused-ring (bicyclic) bond motifs is 1. The smallest absolute Gasteiger partial charge is 0.0811 e. The molecule has 1 aromatic heterocycles. The number of benzene rings is 1. The summed E-state index contributed by atoms with van der Waals surface area (Å²) in [6.45, 7) is 6.59. The standard InChI is InChI=1S/C16H21NO/c1-16(2,3)10-9-14(18)13-8-4-6-12-7-5-11-17-15(12)13/h4-8,11,14,18H,9-10H2,1-3H3. The maximum Gasteiger partial charge on any atom is 0.0811 e. The third-order valence-electron chi connectivity index (χ3n) is 3.19. The van der Waals surface area contributed by atoms with Gasteiger partial charge in [-0.1, -0.05) is 45.0 Å². The normalized spacial score (nSPS) is 13.8. The van der Waals surface area contributed by atoms with Gasteiger partial charge in [0.25, 0.3) is 0 Å². The Balaban J connectivity index is 2.25. The van der Waals surface area contributed by atoms with Crippen LogP contribution >= 0.6 is 0 Å². The molecular formula is C16H21NO. The summed E-state index contributed by atoms with van der Waals surface area (Å²) in [4.78, 5) is 4.39. The van der Waals surface area contributed by atoms with Crippen LogP contribution in [0.15, 0.2) is 36.5 Å². The van der Waals surface area contributed by atoms with Crippen LogP contribution in [0.2, 0.25) is 0 Å². The number of nitrogens with zero attached hydrogens (tertiary/aromatic N) is 1. The Morgan fingerprint density at radius 3 is 2.61 bits per heavy atom. The summed E-state index contributed by atoms with van der Waals surface area (Å²) in [6, 6.07) is 9.95. The molecule has 96 valence electrons. The fraction of sp³-hybridized carbons (Fsp3) is 0.438. The van der Waals surface area contributed by atoms with Gasteiger partial charge in [0.2, 0.25) is 0 Å². The largest absolute Gasteiger partial charge is 0.388 e. The molecule has 1 N–H and O–H groups in total. The highest BCUT2D eigenvalue weighted by Gasteiger charge is 2.16. The van der Waals surface area contributed by atoms with Crippen LogP contribution in [-0.4, -0.2) is 10.1 Å². The summed E-state index contributed by atoms with van der Waals surface area (Å²) >= 11 is 0. The second kappa shape index (κ2) is 5.07. The van der Waals surface area contributed by atoms with Gasteiger partial charge in [-0.05, 0) is 24.3 Å². The Labute approximate surface area is 109 Å². The van der Waals surface area contributed by atoms with Crippen LogP contribution < -0.4 is 0 Å². The number of aromatic nitrogens is 1. The maximum absolute atomic E-state index is 10.3. The Hall–Kier alpha value is -1.41. The van der Waals surface area contributed by atoms with Gasteiger partial charge in [-0.3, -0.25) is 4.98 Å². The lowest BCUT2D eigenvalue weighted by molar-refractivity contribution is 0.149. The van der Waals surface area contributed by atoms with E-state index in [1.807, 2.05) is 30.3 Å². The number of aliphatic hydroxyl groups is 1. The van der Waals surface area contributed by atoms with Gasteiger partial charge < -0.3 is 5.11 Å². The summed E-state index contributed by atoms with van der Waals surface area (Å²) in [6.07, 6.45) is 3.13. The fourth-order valence-electron chi connectivity index (χ4n) is 2.12. The number of hydrogen-bond acceptors (Lipinski definition) is 2. The molecule has 2 nitrogen and oxygen atoms in total. The molecule has 2 rings (SSSR count). The summed E-state index contributed by atoms with van der Waals surface area (Å²) in [7, 11) is 0. The van der Waals surface area contributed by atoms with Gasteiger partial charge in [0.1, 0.15) is 0 Å². The van der Waals surface area contributed by atoms with Crippen molar-refractivity contribution in [3.05, 3.63) is 42.1 Å². The fourth-order valence-corrected chi connectivity index (χ4v) is 2.12. The molecule has 2 aromatic rings. The second-order valence-electron chi connectivity index (χ2n) is 6.04. The van der Waals surface area contributed by atoms with Crippen molar-refractivity contribution < 1.29 is 5.11 Å². The van der Waals surface area contributed by atoms with Crippen LogP contribution in [0.25, 0.3) is 10.9 Å². The summed E-state index contributed by atoms with van der Waals surface area (Å²) in [5.74, 6) is 0. The zero-order valence-corrected chi connectivity index (χ0v) is 11.4. The lowest BCUT2D eigenvalue weighted by Gasteiger charge is -2.21. The van der Waals surface area contributed by atoms with Gasteiger partial charge in [0, 0.05) is 17.1 Å². The van der Waals surface area contributed by atoms with Crippen LogP contribution in [-0.2, 0) is 0 Å². The predicted octanol–water partition coefficient (Wildman–Crippen LogP) is 4.09. The Bertz CT molecular complexity index is 523. The highest BCUT2D eigenvalue weighted by atomic mass is 16.3. The van der Waals surface area contributed by atoms with E-state index < -0.39 is 6.10 Å². The molecule has 0 bridgehead atoms. The molecule has 1 atom stereocenters. The Morgan fingerprint density at radius 2 is 1.89 bits per heavy atom. The molecule has 0 aliphatic heterocycles. The Kier molecular flexibility index (Phi) is 3.67. The van der Waals surface area contributed by atoms with Crippen LogP contribution in [0.5, 0.6) is 0 Å². The minimum atomic E-state index is -0.428. The lowest BCUT2D eigenvalue weighted by atomic mass is 9.87. The third-order valence-corrected chi connectivity index (χ3v) is 3.19. The van der Waals surface area contributed by atoms with Gasteiger partial charge in [0.15, 0.2) is 0 Å². The quantitative estimate of drug-likeness (QED) is 0.880. The molecule has 1 aromatic carbocycles. The van der Waals surface area contributed by atoms with Gasteiger partial charge in [-0.2, -0.15) is 0 Å². The van der Waals surface area contributed by atoms with Crippen molar-refractivity contribution in [1.29, 1.82) is 0 Å². The predicted molar refractivity (Wildman–Crippen MR) is 75.4 cm³/mol. The first-order chi connectivity index (χ1) is 8.47. The lowest BCUT2D eigenvalue weighted by Crippen LogP contribution is -2.08. The zero-order chi connectivity index (χ0) is 13.2. The molecule has 0 saturated carbocycles. The van der Waals surface area contributed by atoms with Crippen LogP contribution in [0.4, 0.5) is 0 Å². The maximum atomic E-state index is 10.3. The molecule has 1 heterocycles. The SMILES string of the molecule is CC(C)(C)CCC(O)c1cccc2cccnc12. The van der Waals surface area contributed by atoms with Crippen molar-refractivity contribution in [2.24, 2.45) is 5.41 Å². The van der Waals surface area contributed by atoms with Crippen molar-refractivity contribution in [1.82, 2.24) is 4.98 Å². The van der Waals surface area contributed by atoms with Gasteiger partial charge in [0.05, 0.1) is 11.6 Å². The van der Waals surface area contributed by atoms with Crippen molar-refractivity contribution >= 4 is 10.9 Å². The summed E-state index contributed by atoms with van der Waals surface area (Å²) in [5, 5.41) is 11.4. The molecule has 1 unspecified atom stereocenters. The van der Waals surface area contributed by atoms with Gasteiger partial charge in [-0.25, -0.2) is 0 Å². The van der Waals surface area contributed by atoms with Crippen molar-refractivity contribution in [2.75, 3.05) is 0 Å². The van der Waals surface area contributed by atoms with Crippen LogP contribution in [0.3, 0.4) is 0 Å². The van der Waals surface area contributed by atoms with E-state index in [-0.39, 0.29) is 5.41 Å². The van der Waals surface area contributed by atoms with E-state index in [9.17, 15) is 5.11 Å². The van der Waals surface area contributed by atoms with Gasteiger partial charge in [-0.15, -0.1) is 0 Å². The molecular weight excluding hydrogens is 222 g/mol. The van der Waals surface area contributed by atoms with E-state index in [2.05, 4.69) is 25.8 Å². The molecule has 0 fully saturated rings. The monoisotopic (exact) mass is 243 g/mol. The van der Waals surface area contributed by atoms with Crippen LogP contribution in [0.1, 0.15) is 45.3 Å². The molecule has 0 radical (unpaired) electrons. The first kappa shape index (κ1) is 13.0. The average molecular weight is 243 g/mol. The topological polar surface area (TPSA) is 33.1 Å². The summed E-state index contributed by atoms with van der Waals surface area (Å²) in [5.41, 5.74) is 2.11. The van der Waals surface area contributed by atoms with Crippen molar-refractivity contribution in [3.63, 3.8) is 0 Å². The average Bonchev–Trinajstić information content (AvgIpc) is 2.34. The van der Waals surface area contributed by atoms with E-state index in [0.717, 1.165) is 29.3 Å². The molecule has 0 aliphatic carbocycles. The third kappa shape index (κ3) is 3.08. The minimum Gasteiger partial charge on any atom is -0.388 e. The first-order valence-corrected chi connectivity index (χ1v) is 6.49. The molecule has 0 spiro atoms.